The van der Waals surface area contributed by atoms with Crippen molar-refractivity contribution in [3.05, 3.63) is 27.2 Å². The van der Waals surface area contributed by atoms with Gasteiger partial charge in [-0.05, 0) is 12.8 Å². The zero-order valence-corrected chi connectivity index (χ0v) is 16.1. The summed E-state index contributed by atoms with van der Waals surface area (Å²) < 4.78 is 0. The minimum absolute atomic E-state index is 0.0387. The van der Waals surface area contributed by atoms with Crippen molar-refractivity contribution in [2.24, 2.45) is 0 Å². The number of rotatable bonds is 7. The summed E-state index contributed by atoms with van der Waals surface area (Å²) in [5.41, 5.74) is 1.37. The molecule has 3 heterocycles. The third-order valence-corrected chi connectivity index (χ3v) is 5.61. The number of imidazole rings is 1. The number of aromatic nitrogens is 3. The van der Waals surface area contributed by atoms with Crippen molar-refractivity contribution in [2.45, 2.75) is 39.2 Å². The summed E-state index contributed by atoms with van der Waals surface area (Å²) in [6.45, 7) is 5.08. The molecule has 26 heavy (non-hydrogen) atoms. The first-order valence-electron chi connectivity index (χ1n) is 8.46. The van der Waals surface area contributed by atoms with Crippen LogP contribution in [-0.2, 0) is 12.8 Å². The number of amides is 1. The van der Waals surface area contributed by atoms with E-state index in [2.05, 4.69) is 20.3 Å². The van der Waals surface area contributed by atoms with Gasteiger partial charge in [0.25, 0.3) is 5.91 Å². The highest BCUT2D eigenvalue weighted by Gasteiger charge is 2.32. The first kappa shape index (κ1) is 18.7. The molecule has 3 N–H and O–H groups in total. The van der Waals surface area contributed by atoms with E-state index in [-0.39, 0.29) is 17.8 Å². The van der Waals surface area contributed by atoms with E-state index in [9.17, 15) is 14.7 Å². The van der Waals surface area contributed by atoms with Crippen LogP contribution in [0.15, 0.2) is 0 Å². The lowest BCUT2D eigenvalue weighted by Crippen LogP contribution is -2.59. The molecule has 0 atom stereocenters. The minimum Gasteiger partial charge on any atom is -0.477 e. The minimum atomic E-state index is -0.941. The van der Waals surface area contributed by atoms with Crippen molar-refractivity contribution in [3.8, 4) is 0 Å². The Hall–Kier alpha value is -2.13. The number of aryl methyl sites for hydroxylation is 2. The SMILES string of the molecule is CCCc1nc(N2CC(NC(=O)c3nc(Cl)c(CC)[nH]3)C2)sc1C(=O)O. The van der Waals surface area contributed by atoms with E-state index >= 15 is 0 Å². The van der Waals surface area contributed by atoms with Gasteiger partial charge >= 0.3 is 5.97 Å². The third-order valence-electron chi connectivity index (χ3n) is 4.15. The molecule has 1 amide bonds. The number of anilines is 1. The molecule has 0 bridgehead atoms. The molecule has 2 aromatic rings. The van der Waals surface area contributed by atoms with Gasteiger partial charge in [0.15, 0.2) is 16.1 Å². The number of nitrogens with zero attached hydrogens (tertiary/aromatic N) is 3. The summed E-state index contributed by atoms with van der Waals surface area (Å²) in [5, 5.41) is 13.2. The van der Waals surface area contributed by atoms with Crippen molar-refractivity contribution in [1.82, 2.24) is 20.3 Å². The predicted molar refractivity (Wildman–Crippen MR) is 99.5 cm³/mol. The lowest BCUT2D eigenvalue weighted by molar-refractivity contribution is 0.0700. The molecular formula is C16H20ClN5O3S. The van der Waals surface area contributed by atoms with Crippen LogP contribution in [0.25, 0.3) is 0 Å². The number of aromatic carboxylic acids is 1. The van der Waals surface area contributed by atoms with Crippen molar-refractivity contribution in [1.29, 1.82) is 0 Å². The molecule has 140 valence electrons. The number of halogens is 1. The number of carboxylic acid groups (broad SMARTS) is 1. The molecule has 10 heteroatoms. The standard InChI is InChI=1S/C16H20ClN5O3S/c1-3-5-10-11(15(24)25)26-16(20-10)22-6-8(7-22)18-14(23)13-19-9(4-2)12(17)21-13/h8H,3-7H2,1-2H3,(H,18,23)(H,19,21)(H,24,25). The van der Waals surface area contributed by atoms with E-state index in [1.54, 1.807) is 0 Å². The zero-order chi connectivity index (χ0) is 18.8. The molecule has 1 saturated heterocycles. The van der Waals surface area contributed by atoms with Crippen LogP contribution < -0.4 is 10.2 Å². The fraction of sp³-hybridized carbons (Fsp3) is 0.500. The maximum Gasteiger partial charge on any atom is 0.347 e. The van der Waals surface area contributed by atoms with Crippen molar-refractivity contribution < 1.29 is 14.7 Å². The Balaban J connectivity index is 1.59. The average Bonchev–Trinajstić information content (AvgIpc) is 3.14. The van der Waals surface area contributed by atoms with Gasteiger partial charge in [-0.1, -0.05) is 43.2 Å². The van der Waals surface area contributed by atoms with E-state index in [1.807, 2.05) is 18.7 Å². The summed E-state index contributed by atoms with van der Waals surface area (Å²) in [6.07, 6.45) is 2.16. The first-order valence-corrected chi connectivity index (χ1v) is 9.65. The number of aromatic amines is 1. The van der Waals surface area contributed by atoms with Crippen molar-refractivity contribution >= 4 is 39.9 Å². The fourth-order valence-corrected chi connectivity index (χ4v) is 3.99. The Labute approximate surface area is 159 Å². The number of nitrogens with one attached hydrogen (secondary N) is 2. The van der Waals surface area contributed by atoms with Crippen LogP contribution >= 0.6 is 22.9 Å². The molecule has 3 rings (SSSR count). The van der Waals surface area contributed by atoms with Gasteiger partial charge in [0.1, 0.15) is 4.88 Å². The second kappa shape index (κ2) is 7.63. The lowest BCUT2D eigenvalue weighted by atomic mass is 10.1. The number of H-pyrrole nitrogens is 1. The molecule has 0 aromatic carbocycles. The number of thiazole rings is 1. The maximum atomic E-state index is 12.2. The van der Waals surface area contributed by atoms with Crippen LogP contribution in [-0.4, -0.2) is 51.1 Å². The van der Waals surface area contributed by atoms with Gasteiger partial charge in [-0.3, -0.25) is 4.79 Å². The third kappa shape index (κ3) is 3.68. The van der Waals surface area contributed by atoms with Crippen LogP contribution in [0.4, 0.5) is 5.13 Å². The Morgan fingerprint density at radius 3 is 2.69 bits per heavy atom. The van der Waals surface area contributed by atoms with Crippen LogP contribution in [0.1, 0.15) is 51.9 Å². The van der Waals surface area contributed by atoms with Crippen molar-refractivity contribution in [3.63, 3.8) is 0 Å². The maximum absolute atomic E-state index is 12.2. The molecule has 0 radical (unpaired) electrons. The first-order chi connectivity index (χ1) is 12.4. The topological polar surface area (TPSA) is 111 Å². The smallest absolute Gasteiger partial charge is 0.347 e. The number of carbonyl (C=O) groups is 2. The second-order valence-electron chi connectivity index (χ2n) is 6.11. The van der Waals surface area contributed by atoms with Crippen LogP contribution in [0.2, 0.25) is 5.15 Å². The summed E-state index contributed by atoms with van der Waals surface area (Å²) in [6, 6.07) is -0.0387. The number of hydrogen-bond donors (Lipinski definition) is 3. The van der Waals surface area contributed by atoms with Crippen LogP contribution in [0, 0.1) is 0 Å². The van der Waals surface area contributed by atoms with E-state index in [1.165, 1.54) is 11.3 Å². The lowest BCUT2D eigenvalue weighted by Gasteiger charge is -2.39. The van der Waals surface area contributed by atoms with E-state index in [4.69, 9.17) is 11.6 Å². The normalized spacial score (nSPS) is 14.3. The largest absolute Gasteiger partial charge is 0.477 e. The number of carbonyl (C=O) groups excluding carboxylic acids is 1. The Kier molecular flexibility index (Phi) is 5.47. The molecule has 0 aliphatic carbocycles. The Morgan fingerprint density at radius 2 is 2.12 bits per heavy atom. The Bertz CT molecular complexity index is 828. The summed E-state index contributed by atoms with van der Waals surface area (Å²) >= 11 is 7.14. The van der Waals surface area contributed by atoms with E-state index < -0.39 is 5.97 Å². The molecule has 8 nitrogen and oxygen atoms in total. The fourth-order valence-electron chi connectivity index (χ4n) is 2.76. The highest BCUT2D eigenvalue weighted by atomic mass is 35.5. The molecule has 1 aliphatic heterocycles. The van der Waals surface area contributed by atoms with Crippen LogP contribution in [0.3, 0.4) is 0 Å². The van der Waals surface area contributed by atoms with E-state index in [0.29, 0.717) is 46.8 Å². The molecule has 2 aromatic heterocycles. The van der Waals surface area contributed by atoms with Gasteiger partial charge in [-0.25, -0.2) is 14.8 Å². The van der Waals surface area contributed by atoms with Crippen LogP contribution in [0.5, 0.6) is 0 Å². The molecule has 0 unspecified atom stereocenters. The summed E-state index contributed by atoms with van der Waals surface area (Å²) in [7, 11) is 0. The molecule has 1 fully saturated rings. The second-order valence-corrected chi connectivity index (χ2v) is 7.45. The highest BCUT2D eigenvalue weighted by molar-refractivity contribution is 7.17. The summed E-state index contributed by atoms with van der Waals surface area (Å²) in [5.74, 6) is -1.03. The van der Waals surface area contributed by atoms with Gasteiger partial charge in [0, 0.05) is 13.1 Å². The average molecular weight is 398 g/mol. The quantitative estimate of drug-likeness (QED) is 0.661. The zero-order valence-electron chi connectivity index (χ0n) is 14.5. The van der Waals surface area contributed by atoms with Gasteiger partial charge in [0.05, 0.1) is 17.4 Å². The number of hydrogen-bond acceptors (Lipinski definition) is 6. The molecule has 1 aliphatic rings. The van der Waals surface area contributed by atoms with Gasteiger partial charge in [-0.2, -0.15) is 0 Å². The van der Waals surface area contributed by atoms with Gasteiger partial charge in [0.2, 0.25) is 0 Å². The number of carboxylic acids is 1. The van der Waals surface area contributed by atoms with Crippen molar-refractivity contribution in [2.75, 3.05) is 18.0 Å². The molecule has 0 saturated carbocycles. The molecular weight excluding hydrogens is 378 g/mol. The predicted octanol–water partition coefficient (Wildman–Crippen LogP) is 2.35. The monoisotopic (exact) mass is 397 g/mol. The van der Waals surface area contributed by atoms with Gasteiger partial charge < -0.3 is 20.3 Å². The Morgan fingerprint density at radius 1 is 1.38 bits per heavy atom. The molecule has 0 spiro atoms. The van der Waals surface area contributed by atoms with Gasteiger partial charge in [-0.15, -0.1) is 0 Å². The summed E-state index contributed by atoms with van der Waals surface area (Å²) in [4.78, 5) is 37.2. The van der Waals surface area contributed by atoms with E-state index in [0.717, 1.165) is 12.1 Å². The highest BCUT2D eigenvalue weighted by Crippen LogP contribution is 2.30.